The first-order valence-corrected chi connectivity index (χ1v) is 8.39. The van der Waals surface area contributed by atoms with Gasteiger partial charge in [-0.15, -0.1) is 0 Å². The molecule has 25 heavy (non-hydrogen) atoms. The van der Waals surface area contributed by atoms with Crippen molar-refractivity contribution in [2.24, 2.45) is 0 Å². The van der Waals surface area contributed by atoms with Crippen LogP contribution in [-0.2, 0) is 19.1 Å². The van der Waals surface area contributed by atoms with E-state index in [-0.39, 0.29) is 13.2 Å². The molecule has 0 aromatic carbocycles. The minimum Gasteiger partial charge on any atom is -0.463 e. The quantitative estimate of drug-likeness (QED) is 0.765. The molecule has 0 spiro atoms. The number of nitrogens with zero attached hydrogens (tertiary/aromatic N) is 1. The third-order valence-electron chi connectivity index (χ3n) is 4.43. The first-order valence-electron chi connectivity index (χ1n) is 8.39. The normalized spacial score (nSPS) is 15.5. The Hall–Kier alpha value is -2.63. The molecule has 0 aliphatic carbocycles. The van der Waals surface area contributed by atoms with Gasteiger partial charge in [0.2, 0.25) is 0 Å². The number of aromatic nitrogens is 1. The fourth-order valence-corrected chi connectivity index (χ4v) is 3.05. The second kappa shape index (κ2) is 7.96. The summed E-state index contributed by atoms with van der Waals surface area (Å²) < 4.78 is 10.5. The zero-order valence-electron chi connectivity index (χ0n) is 15.4. The van der Waals surface area contributed by atoms with E-state index in [0.29, 0.717) is 11.1 Å². The summed E-state index contributed by atoms with van der Waals surface area (Å²) in [6.45, 7) is 7.79. The van der Waals surface area contributed by atoms with E-state index in [1.165, 1.54) is 0 Å². The van der Waals surface area contributed by atoms with E-state index < -0.39 is 17.9 Å². The number of hydrogen-bond acceptors (Lipinski definition) is 5. The number of hydrogen-bond donors (Lipinski definition) is 0. The highest BCUT2D eigenvalue weighted by Crippen LogP contribution is 2.41. The Kier molecular flexibility index (Phi) is 5.96. The molecule has 6 heteroatoms. The monoisotopic (exact) mass is 345 g/mol. The summed E-state index contributed by atoms with van der Waals surface area (Å²) >= 11 is 0. The number of ether oxygens (including phenoxy) is 2. The standard InChI is InChI=1S/C19H24N2O4/c1-6-24-18(22)15-12(3)21(5)13(4)16(19(23)25-7-2)17(15)14-8-10-20-11-9-14/h8-11,17H,6-7H2,1-5H3/p+1. The maximum atomic E-state index is 12.7. The van der Waals surface area contributed by atoms with Crippen molar-refractivity contribution in [2.75, 3.05) is 20.3 Å². The third-order valence-corrected chi connectivity index (χ3v) is 4.43. The van der Waals surface area contributed by atoms with E-state index in [0.717, 1.165) is 17.0 Å². The van der Waals surface area contributed by atoms with Crippen LogP contribution in [0, 0.1) is 0 Å². The topological polar surface area (TPSA) is 70.0 Å². The van der Waals surface area contributed by atoms with Crippen LogP contribution in [0.25, 0.3) is 0 Å². The number of carbonyl (C=O) groups excluding carboxylic acids is 2. The van der Waals surface area contributed by atoms with E-state index in [4.69, 9.17) is 9.47 Å². The molecule has 0 unspecified atom stereocenters. The van der Waals surface area contributed by atoms with E-state index in [1.54, 1.807) is 26.2 Å². The Balaban J connectivity index is 2.68. The van der Waals surface area contributed by atoms with Crippen molar-refractivity contribution < 1.29 is 24.0 Å². The zero-order chi connectivity index (χ0) is 18.6. The zero-order valence-corrected chi connectivity index (χ0v) is 15.4. The lowest BCUT2D eigenvalue weighted by Gasteiger charge is -2.35. The van der Waals surface area contributed by atoms with E-state index in [9.17, 15) is 9.59 Å². The maximum absolute atomic E-state index is 12.7. The van der Waals surface area contributed by atoms with Crippen LogP contribution in [0.15, 0.2) is 47.1 Å². The molecular formula is C19H25N2O4+. The highest BCUT2D eigenvalue weighted by atomic mass is 16.5. The lowest BCUT2D eigenvalue weighted by Crippen LogP contribution is -2.33. The van der Waals surface area contributed by atoms with Crippen molar-refractivity contribution in [3.8, 4) is 0 Å². The van der Waals surface area contributed by atoms with Crippen LogP contribution in [0.1, 0.15) is 39.2 Å². The molecule has 0 radical (unpaired) electrons. The number of allylic oxidation sites excluding steroid dienone is 2. The molecule has 0 atom stereocenters. The van der Waals surface area contributed by atoms with Crippen molar-refractivity contribution in [1.82, 2.24) is 4.90 Å². The molecule has 1 aliphatic rings. The second-order valence-corrected chi connectivity index (χ2v) is 5.76. The fourth-order valence-electron chi connectivity index (χ4n) is 3.05. The number of carbonyl (C=O) groups is 2. The van der Waals surface area contributed by atoms with Crippen LogP contribution in [-0.4, -0.2) is 37.1 Å². The van der Waals surface area contributed by atoms with Gasteiger partial charge in [0.05, 0.1) is 30.3 Å². The lowest BCUT2D eigenvalue weighted by atomic mass is 9.80. The van der Waals surface area contributed by atoms with Crippen LogP contribution in [0.2, 0.25) is 0 Å². The van der Waals surface area contributed by atoms with Gasteiger partial charge in [0.1, 0.15) is 0 Å². The Morgan fingerprint density at radius 2 is 1.44 bits per heavy atom. The van der Waals surface area contributed by atoms with Crippen LogP contribution in [0.4, 0.5) is 0 Å². The van der Waals surface area contributed by atoms with Gasteiger partial charge in [0.25, 0.3) is 0 Å². The van der Waals surface area contributed by atoms with E-state index >= 15 is 0 Å². The summed E-state index contributed by atoms with van der Waals surface area (Å²) in [5.41, 5.74) is 3.29. The van der Waals surface area contributed by atoms with Crippen molar-refractivity contribution >= 4 is 11.9 Å². The van der Waals surface area contributed by atoms with Crippen molar-refractivity contribution in [1.29, 1.82) is 0 Å². The summed E-state index contributed by atoms with van der Waals surface area (Å²) in [5.74, 6) is -1.36. The van der Waals surface area contributed by atoms with Gasteiger partial charge in [-0.3, -0.25) is 0 Å². The Labute approximate surface area is 148 Å². The molecule has 0 bridgehead atoms. The smallest absolute Gasteiger partial charge is 0.336 e. The van der Waals surface area contributed by atoms with Crippen LogP contribution in [0.5, 0.6) is 0 Å². The minimum absolute atomic E-state index is 0.270. The summed E-state index contributed by atoms with van der Waals surface area (Å²) in [7, 11) is 1.83. The molecule has 2 heterocycles. The second-order valence-electron chi connectivity index (χ2n) is 5.76. The van der Waals surface area contributed by atoms with Crippen molar-refractivity contribution in [3.63, 3.8) is 0 Å². The average molecular weight is 345 g/mol. The molecule has 1 aromatic rings. The molecule has 2 rings (SSSR count). The summed E-state index contributed by atoms with van der Waals surface area (Å²) in [6.07, 6.45) is 3.54. The van der Waals surface area contributed by atoms with Crippen molar-refractivity contribution in [2.45, 2.75) is 33.6 Å². The lowest BCUT2D eigenvalue weighted by molar-refractivity contribution is -0.378. The van der Waals surface area contributed by atoms with Gasteiger partial charge >= 0.3 is 11.9 Å². The molecule has 1 N–H and O–H groups in total. The number of aromatic amines is 1. The number of H-pyrrole nitrogens is 1. The van der Waals surface area contributed by atoms with Crippen LogP contribution < -0.4 is 4.98 Å². The summed E-state index contributed by atoms with van der Waals surface area (Å²) in [5, 5.41) is 0. The Bertz CT molecular complexity index is 680. The SMILES string of the molecule is CCOC(=O)C1=C(C)N(C)C(C)=C(C(=O)OCC)C1c1cc[nH+]cc1. The molecular weight excluding hydrogens is 320 g/mol. The number of rotatable bonds is 5. The molecule has 0 amide bonds. The summed E-state index contributed by atoms with van der Waals surface area (Å²) in [4.78, 5) is 30.2. The molecule has 134 valence electrons. The molecule has 6 nitrogen and oxygen atoms in total. The average Bonchev–Trinajstić information content (AvgIpc) is 2.60. The minimum atomic E-state index is -0.524. The van der Waals surface area contributed by atoms with Gasteiger partial charge in [-0.25, -0.2) is 14.6 Å². The molecule has 1 aromatic heterocycles. The number of pyridine rings is 1. The highest BCUT2D eigenvalue weighted by molar-refractivity contribution is 5.99. The number of esters is 2. The highest BCUT2D eigenvalue weighted by Gasteiger charge is 2.39. The number of nitrogens with one attached hydrogen (secondary N) is 1. The first-order chi connectivity index (χ1) is 11.9. The van der Waals surface area contributed by atoms with E-state index in [1.807, 2.05) is 37.9 Å². The maximum Gasteiger partial charge on any atom is 0.336 e. The van der Waals surface area contributed by atoms with Crippen LogP contribution in [0.3, 0.4) is 0 Å². The van der Waals surface area contributed by atoms with Gasteiger partial charge in [0, 0.05) is 30.6 Å². The third kappa shape index (κ3) is 3.57. The van der Waals surface area contributed by atoms with Gasteiger partial charge in [0.15, 0.2) is 12.4 Å². The van der Waals surface area contributed by atoms with Crippen LogP contribution >= 0.6 is 0 Å². The first kappa shape index (κ1) is 18.7. The van der Waals surface area contributed by atoms with E-state index in [2.05, 4.69) is 4.98 Å². The van der Waals surface area contributed by atoms with Crippen molar-refractivity contribution in [3.05, 3.63) is 52.6 Å². The predicted octanol–water partition coefficient (Wildman–Crippen LogP) is 2.20. The molecule has 0 saturated heterocycles. The Morgan fingerprint density at radius 1 is 1.00 bits per heavy atom. The predicted molar refractivity (Wildman–Crippen MR) is 92.2 cm³/mol. The molecule has 0 fully saturated rings. The summed E-state index contributed by atoms with van der Waals surface area (Å²) in [6, 6.07) is 3.71. The van der Waals surface area contributed by atoms with Gasteiger partial charge in [-0.2, -0.15) is 0 Å². The molecule has 0 saturated carbocycles. The van der Waals surface area contributed by atoms with Gasteiger partial charge < -0.3 is 14.4 Å². The Morgan fingerprint density at radius 3 is 1.84 bits per heavy atom. The largest absolute Gasteiger partial charge is 0.463 e. The molecule has 1 aliphatic heterocycles. The van der Waals surface area contributed by atoms with Gasteiger partial charge in [-0.1, -0.05) is 0 Å². The van der Waals surface area contributed by atoms with Gasteiger partial charge in [-0.05, 0) is 33.3 Å². The fraction of sp³-hybridized carbons (Fsp3) is 0.421.